The summed E-state index contributed by atoms with van der Waals surface area (Å²) in [4.78, 5) is 0. The molecular formula is C15H20F3NO. The van der Waals surface area contributed by atoms with Crippen LogP contribution in [0.4, 0.5) is 13.2 Å². The molecule has 0 amide bonds. The van der Waals surface area contributed by atoms with Gasteiger partial charge in [-0.05, 0) is 37.3 Å². The summed E-state index contributed by atoms with van der Waals surface area (Å²) < 4.78 is 44.2. The standard InChI is InChI=1S/C15H20F3NO/c1-11(19-9-12-5-4-8-20-10-12)13-6-2-3-7-14(13)15(16,17)18/h2-3,6-7,11-12,19H,4-5,8-10H2,1H3. The van der Waals surface area contributed by atoms with Crippen molar-refractivity contribution in [3.8, 4) is 0 Å². The van der Waals surface area contributed by atoms with Crippen molar-refractivity contribution in [1.82, 2.24) is 5.32 Å². The molecule has 0 aromatic heterocycles. The van der Waals surface area contributed by atoms with Crippen molar-refractivity contribution in [2.75, 3.05) is 19.8 Å². The Hall–Kier alpha value is -1.07. The van der Waals surface area contributed by atoms with Crippen LogP contribution in [0.1, 0.15) is 36.9 Å². The Labute approximate surface area is 117 Å². The Morgan fingerprint density at radius 3 is 2.75 bits per heavy atom. The normalized spacial score (nSPS) is 21.7. The molecular weight excluding hydrogens is 267 g/mol. The highest BCUT2D eigenvalue weighted by Crippen LogP contribution is 2.34. The smallest absolute Gasteiger partial charge is 0.381 e. The van der Waals surface area contributed by atoms with Gasteiger partial charge in [0.05, 0.1) is 12.2 Å². The molecule has 1 heterocycles. The van der Waals surface area contributed by atoms with Gasteiger partial charge in [-0.2, -0.15) is 13.2 Å². The first-order valence-corrected chi connectivity index (χ1v) is 6.95. The molecule has 1 aliphatic heterocycles. The molecule has 1 aliphatic rings. The lowest BCUT2D eigenvalue weighted by Gasteiger charge is -2.25. The molecule has 5 heteroatoms. The monoisotopic (exact) mass is 287 g/mol. The molecule has 2 nitrogen and oxygen atoms in total. The first-order chi connectivity index (χ1) is 9.48. The second-order valence-corrected chi connectivity index (χ2v) is 5.30. The Morgan fingerprint density at radius 1 is 1.35 bits per heavy atom. The van der Waals surface area contributed by atoms with E-state index in [4.69, 9.17) is 4.74 Å². The van der Waals surface area contributed by atoms with Gasteiger partial charge in [0.1, 0.15) is 0 Å². The van der Waals surface area contributed by atoms with E-state index < -0.39 is 11.7 Å². The highest BCUT2D eigenvalue weighted by Gasteiger charge is 2.34. The number of ether oxygens (including phenoxy) is 1. The summed E-state index contributed by atoms with van der Waals surface area (Å²) in [7, 11) is 0. The lowest BCUT2D eigenvalue weighted by molar-refractivity contribution is -0.138. The van der Waals surface area contributed by atoms with Crippen LogP contribution >= 0.6 is 0 Å². The molecule has 0 aliphatic carbocycles. The molecule has 1 N–H and O–H groups in total. The summed E-state index contributed by atoms with van der Waals surface area (Å²) in [5, 5.41) is 3.20. The summed E-state index contributed by atoms with van der Waals surface area (Å²) in [6.07, 6.45) is -2.21. The summed E-state index contributed by atoms with van der Waals surface area (Å²) >= 11 is 0. The summed E-state index contributed by atoms with van der Waals surface area (Å²) in [5.41, 5.74) is -0.253. The summed E-state index contributed by atoms with van der Waals surface area (Å²) in [6.45, 7) is 3.95. The number of rotatable bonds is 4. The molecule has 1 saturated heterocycles. The number of nitrogens with one attached hydrogen (secondary N) is 1. The predicted molar refractivity (Wildman–Crippen MR) is 71.4 cm³/mol. The second-order valence-electron chi connectivity index (χ2n) is 5.30. The third-order valence-electron chi connectivity index (χ3n) is 3.70. The van der Waals surface area contributed by atoms with Gasteiger partial charge in [0.25, 0.3) is 0 Å². The van der Waals surface area contributed by atoms with E-state index in [1.54, 1.807) is 13.0 Å². The molecule has 2 unspecified atom stereocenters. The number of benzene rings is 1. The largest absolute Gasteiger partial charge is 0.416 e. The number of alkyl halides is 3. The molecule has 0 bridgehead atoms. The fraction of sp³-hybridized carbons (Fsp3) is 0.600. The van der Waals surface area contributed by atoms with E-state index in [1.807, 2.05) is 0 Å². The third-order valence-corrected chi connectivity index (χ3v) is 3.70. The summed E-state index contributed by atoms with van der Waals surface area (Å²) in [5.74, 6) is 0.393. The van der Waals surface area contributed by atoms with Gasteiger partial charge < -0.3 is 10.1 Å². The topological polar surface area (TPSA) is 21.3 Å². The van der Waals surface area contributed by atoms with Crippen LogP contribution in [0, 0.1) is 5.92 Å². The molecule has 1 aromatic carbocycles. The van der Waals surface area contributed by atoms with E-state index in [0.29, 0.717) is 24.6 Å². The number of halogens is 3. The second kappa shape index (κ2) is 6.59. The highest BCUT2D eigenvalue weighted by atomic mass is 19.4. The molecule has 2 rings (SSSR count). The zero-order valence-electron chi connectivity index (χ0n) is 11.5. The van der Waals surface area contributed by atoms with E-state index in [1.165, 1.54) is 12.1 Å². The van der Waals surface area contributed by atoms with Crippen LogP contribution in [0.2, 0.25) is 0 Å². The maximum Gasteiger partial charge on any atom is 0.416 e. The van der Waals surface area contributed by atoms with Gasteiger partial charge >= 0.3 is 6.18 Å². The van der Waals surface area contributed by atoms with Crippen molar-refractivity contribution in [2.45, 2.75) is 32.0 Å². The van der Waals surface area contributed by atoms with E-state index in [2.05, 4.69) is 5.32 Å². The van der Waals surface area contributed by atoms with Gasteiger partial charge in [0.2, 0.25) is 0 Å². The number of hydrogen-bond acceptors (Lipinski definition) is 2. The van der Waals surface area contributed by atoms with Gasteiger partial charge in [-0.3, -0.25) is 0 Å². The lowest BCUT2D eigenvalue weighted by atomic mass is 9.98. The molecule has 112 valence electrons. The molecule has 0 saturated carbocycles. The third kappa shape index (κ3) is 3.96. The molecule has 1 aromatic rings. The lowest BCUT2D eigenvalue weighted by Crippen LogP contribution is -2.31. The molecule has 0 spiro atoms. The van der Waals surface area contributed by atoms with Crippen LogP contribution in [0.25, 0.3) is 0 Å². The average molecular weight is 287 g/mol. The van der Waals surface area contributed by atoms with Crippen LogP contribution < -0.4 is 5.32 Å². The Balaban J connectivity index is 2.00. The van der Waals surface area contributed by atoms with Crippen LogP contribution in [0.5, 0.6) is 0 Å². The maximum atomic E-state index is 13.0. The van der Waals surface area contributed by atoms with Gasteiger partial charge in [-0.15, -0.1) is 0 Å². The minimum absolute atomic E-state index is 0.303. The van der Waals surface area contributed by atoms with Gasteiger partial charge in [0.15, 0.2) is 0 Å². The fourth-order valence-corrected chi connectivity index (χ4v) is 2.55. The molecule has 2 atom stereocenters. The summed E-state index contributed by atoms with van der Waals surface area (Å²) in [6, 6.07) is 5.42. The fourth-order valence-electron chi connectivity index (χ4n) is 2.55. The zero-order chi connectivity index (χ0) is 14.6. The minimum Gasteiger partial charge on any atom is -0.381 e. The van der Waals surface area contributed by atoms with Crippen LogP contribution in [0.15, 0.2) is 24.3 Å². The quantitative estimate of drug-likeness (QED) is 0.910. The van der Waals surface area contributed by atoms with E-state index in [-0.39, 0.29) is 6.04 Å². The van der Waals surface area contributed by atoms with Crippen molar-refractivity contribution in [2.24, 2.45) is 5.92 Å². The first-order valence-electron chi connectivity index (χ1n) is 6.95. The van der Waals surface area contributed by atoms with Crippen molar-refractivity contribution in [1.29, 1.82) is 0 Å². The molecule has 1 fully saturated rings. The van der Waals surface area contributed by atoms with Crippen LogP contribution in [-0.2, 0) is 10.9 Å². The van der Waals surface area contributed by atoms with Gasteiger partial charge in [-0.25, -0.2) is 0 Å². The predicted octanol–water partition coefficient (Wildman–Crippen LogP) is 3.78. The van der Waals surface area contributed by atoms with Crippen LogP contribution in [0.3, 0.4) is 0 Å². The maximum absolute atomic E-state index is 13.0. The SMILES string of the molecule is CC(NCC1CCCOC1)c1ccccc1C(F)(F)F. The van der Waals surface area contributed by atoms with E-state index >= 15 is 0 Å². The van der Waals surface area contributed by atoms with Crippen molar-refractivity contribution in [3.63, 3.8) is 0 Å². The number of hydrogen-bond donors (Lipinski definition) is 1. The van der Waals surface area contributed by atoms with Gasteiger partial charge in [0, 0.05) is 19.2 Å². The van der Waals surface area contributed by atoms with Crippen LogP contribution in [-0.4, -0.2) is 19.8 Å². The Morgan fingerprint density at radius 2 is 2.10 bits per heavy atom. The Kier molecular flexibility index (Phi) is 5.05. The molecule has 0 radical (unpaired) electrons. The zero-order valence-corrected chi connectivity index (χ0v) is 11.5. The van der Waals surface area contributed by atoms with E-state index in [0.717, 1.165) is 25.5 Å². The molecule has 20 heavy (non-hydrogen) atoms. The average Bonchev–Trinajstić information content (AvgIpc) is 2.45. The van der Waals surface area contributed by atoms with Crippen molar-refractivity contribution >= 4 is 0 Å². The van der Waals surface area contributed by atoms with E-state index in [9.17, 15) is 13.2 Å². The highest BCUT2D eigenvalue weighted by molar-refractivity contribution is 5.32. The van der Waals surface area contributed by atoms with Crippen molar-refractivity contribution < 1.29 is 17.9 Å². The first kappa shape index (κ1) is 15.3. The van der Waals surface area contributed by atoms with Gasteiger partial charge in [-0.1, -0.05) is 18.2 Å². The Bertz CT molecular complexity index is 427. The van der Waals surface area contributed by atoms with Crippen molar-refractivity contribution in [3.05, 3.63) is 35.4 Å². The minimum atomic E-state index is -4.31.